The van der Waals surface area contributed by atoms with E-state index in [2.05, 4.69) is 33.1 Å². The van der Waals surface area contributed by atoms with E-state index in [1.54, 1.807) is 24.3 Å². The van der Waals surface area contributed by atoms with Crippen LogP contribution in [0.25, 0.3) is 76.2 Å². The molecule has 0 saturated heterocycles. The van der Waals surface area contributed by atoms with E-state index in [1.165, 1.54) is 0 Å². The number of benzene rings is 5. The van der Waals surface area contributed by atoms with Crippen molar-refractivity contribution in [3.8, 4) is 0 Å². The Labute approximate surface area is 212 Å². The van der Waals surface area contributed by atoms with Crippen LogP contribution in [0.1, 0.15) is 20.7 Å². The number of hydrogen-bond donors (Lipinski definition) is 2. The van der Waals surface area contributed by atoms with Gasteiger partial charge in [-0.2, -0.15) is 0 Å². The maximum absolute atomic E-state index is 12.0. The zero-order valence-electron chi connectivity index (χ0n) is 19.7. The van der Waals surface area contributed by atoms with Crippen LogP contribution in [0.2, 0.25) is 0 Å². The summed E-state index contributed by atoms with van der Waals surface area (Å²) in [6.07, 6.45) is 0. The van der Waals surface area contributed by atoms with Crippen LogP contribution < -0.4 is 0 Å². The minimum absolute atomic E-state index is 0.247. The Morgan fingerprint density at radius 3 is 1.26 bits per heavy atom. The summed E-state index contributed by atoms with van der Waals surface area (Å²) in [6, 6.07) is 27.2. The molecule has 2 N–H and O–H groups in total. The zero-order valence-corrected chi connectivity index (χ0v) is 19.7. The third kappa shape index (κ3) is 2.05. The van der Waals surface area contributed by atoms with Crippen LogP contribution in [-0.2, 0) is 0 Å². The molecule has 0 saturated carbocycles. The number of aromatic nitrogens is 2. The van der Waals surface area contributed by atoms with Crippen LogP contribution in [0.3, 0.4) is 0 Å². The zero-order chi connectivity index (χ0) is 25.4. The Bertz CT molecular complexity index is 2340. The van der Waals surface area contributed by atoms with Crippen LogP contribution in [-0.4, -0.2) is 31.0 Å². The van der Waals surface area contributed by atoms with Crippen molar-refractivity contribution < 1.29 is 19.8 Å². The Morgan fingerprint density at radius 1 is 0.474 bits per heavy atom. The molecule has 0 amide bonds. The van der Waals surface area contributed by atoms with E-state index >= 15 is 0 Å². The van der Waals surface area contributed by atoms with E-state index in [0.717, 1.165) is 76.2 Å². The van der Waals surface area contributed by atoms with E-state index in [4.69, 9.17) is 0 Å². The summed E-state index contributed by atoms with van der Waals surface area (Å²) >= 11 is 0. The van der Waals surface area contributed by atoms with Crippen molar-refractivity contribution in [1.29, 1.82) is 0 Å². The predicted molar refractivity (Wildman–Crippen MR) is 150 cm³/mol. The van der Waals surface area contributed by atoms with Gasteiger partial charge in [0, 0.05) is 43.1 Å². The van der Waals surface area contributed by atoms with Gasteiger partial charge in [0.2, 0.25) is 0 Å². The molecule has 38 heavy (non-hydrogen) atoms. The normalized spacial score (nSPS) is 12.6. The van der Waals surface area contributed by atoms with E-state index in [9.17, 15) is 19.8 Å². The molecule has 4 heterocycles. The van der Waals surface area contributed by atoms with Crippen molar-refractivity contribution in [2.24, 2.45) is 0 Å². The Kier molecular flexibility index (Phi) is 3.28. The van der Waals surface area contributed by atoms with Gasteiger partial charge in [-0.25, -0.2) is 9.59 Å². The van der Waals surface area contributed by atoms with Crippen molar-refractivity contribution in [2.45, 2.75) is 0 Å². The molecule has 4 aromatic heterocycles. The molecular weight excluding hydrogens is 476 g/mol. The second-order valence-electron chi connectivity index (χ2n) is 9.98. The van der Waals surface area contributed by atoms with Gasteiger partial charge >= 0.3 is 11.9 Å². The summed E-state index contributed by atoms with van der Waals surface area (Å²) in [6.45, 7) is 0. The summed E-state index contributed by atoms with van der Waals surface area (Å²) in [5, 5.41) is 27.8. The molecule has 9 rings (SSSR count). The van der Waals surface area contributed by atoms with Gasteiger partial charge in [-0.15, -0.1) is 0 Å². The molecule has 178 valence electrons. The molecule has 0 aliphatic heterocycles. The molecule has 0 radical (unpaired) electrons. The topological polar surface area (TPSA) is 83.4 Å². The summed E-state index contributed by atoms with van der Waals surface area (Å²) in [5.41, 5.74) is 6.53. The fourth-order valence-corrected chi connectivity index (χ4v) is 6.85. The molecule has 0 bridgehead atoms. The number of nitrogens with zero attached hydrogens (tertiary/aromatic N) is 2. The summed E-state index contributed by atoms with van der Waals surface area (Å²) < 4.78 is 4.48. The largest absolute Gasteiger partial charge is 0.478 e. The Balaban J connectivity index is 1.74. The average molecular weight is 492 g/mol. The molecule has 5 aromatic carbocycles. The molecule has 0 aliphatic carbocycles. The highest BCUT2D eigenvalue weighted by atomic mass is 16.4. The first kappa shape index (κ1) is 19.8. The fourth-order valence-electron chi connectivity index (χ4n) is 6.85. The van der Waals surface area contributed by atoms with Crippen LogP contribution in [0, 0.1) is 0 Å². The number of hydrogen-bond acceptors (Lipinski definition) is 2. The number of carbonyl (C=O) groups is 2. The van der Waals surface area contributed by atoms with E-state index in [-0.39, 0.29) is 11.1 Å². The van der Waals surface area contributed by atoms with Crippen LogP contribution in [0.5, 0.6) is 0 Å². The van der Waals surface area contributed by atoms with E-state index in [1.807, 2.05) is 36.4 Å². The molecule has 6 heteroatoms. The smallest absolute Gasteiger partial charge is 0.335 e. The molecule has 0 aliphatic rings. The van der Waals surface area contributed by atoms with Gasteiger partial charge in [-0.05, 0) is 48.5 Å². The number of fused-ring (bicyclic) bond motifs is 14. The highest BCUT2D eigenvalue weighted by Crippen LogP contribution is 2.51. The first-order chi connectivity index (χ1) is 18.5. The first-order valence-electron chi connectivity index (χ1n) is 12.3. The molecule has 0 atom stereocenters. The lowest BCUT2D eigenvalue weighted by Crippen LogP contribution is -1.95. The molecule has 0 fully saturated rings. The second-order valence-corrected chi connectivity index (χ2v) is 9.98. The Hall–Kier alpha value is -5.36. The first-order valence-corrected chi connectivity index (χ1v) is 12.3. The van der Waals surface area contributed by atoms with Crippen molar-refractivity contribution in [1.82, 2.24) is 8.80 Å². The fraction of sp³-hybridized carbons (Fsp3) is 0. The van der Waals surface area contributed by atoms with Gasteiger partial charge in [0.1, 0.15) is 0 Å². The highest BCUT2D eigenvalue weighted by molar-refractivity contribution is 6.45. The summed E-state index contributed by atoms with van der Waals surface area (Å²) in [7, 11) is 0. The number of aromatic carboxylic acids is 2. The second kappa shape index (κ2) is 6.30. The lowest BCUT2D eigenvalue weighted by molar-refractivity contribution is 0.0686. The minimum atomic E-state index is -0.960. The number of carboxylic acids is 2. The minimum Gasteiger partial charge on any atom is -0.478 e. The predicted octanol–water partition coefficient (Wildman–Crippen LogP) is 7.38. The third-order valence-corrected chi connectivity index (χ3v) is 8.23. The molecular formula is C32H16N2O4. The van der Waals surface area contributed by atoms with Crippen molar-refractivity contribution >= 4 is 88.1 Å². The van der Waals surface area contributed by atoms with Crippen molar-refractivity contribution in [3.63, 3.8) is 0 Å². The van der Waals surface area contributed by atoms with Crippen molar-refractivity contribution in [3.05, 3.63) is 96.1 Å². The third-order valence-electron chi connectivity index (χ3n) is 8.23. The number of rotatable bonds is 2. The average Bonchev–Trinajstić information content (AvgIpc) is 3.64. The molecule has 6 nitrogen and oxygen atoms in total. The number of carboxylic acid groups (broad SMARTS) is 2. The molecule has 0 unspecified atom stereocenters. The van der Waals surface area contributed by atoms with Gasteiger partial charge in [-0.1, -0.05) is 36.4 Å². The maximum Gasteiger partial charge on any atom is 0.335 e. The standard InChI is InChI=1S/C32H16N2O4/c35-31(36)15-10-12-24-19(13-15)27-25-17-5-1-3-7-21(17)33-23-11-9-16(32(37)38)14-20(23)28(29(25)33)26-18-6-2-4-8-22(18)34(24)30(26)27/h1-14H,(H,35,36)(H,37,38). The lowest BCUT2D eigenvalue weighted by Gasteiger charge is -2.03. The SMILES string of the molecule is O=C(O)c1ccc2c(c1)c1c3c4ccccc4n4c5ccc(C(=O)O)cc5c(c5c6ccccc6n2c51)c34. The van der Waals surface area contributed by atoms with Gasteiger partial charge < -0.3 is 19.0 Å². The maximum atomic E-state index is 12.0. The van der Waals surface area contributed by atoms with Crippen LogP contribution in [0.15, 0.2) is 84.9 Å². The van der Waals surface area contributed by atoms with E-state index < -0.39 is 11.9 Å². The number of para-hydroxylation sites is 2. The highest BCUT2D eigenvalue weighted by Gasteiger charge is 2.28. The van der Waals surface area contributed by atoms with Gasteiger partial charge in [0.25, 0.3) is 0 Å². The van der Waals surface area contributed by atoms with Gasteiger partial charge in [0.15, 0.2) is 0 Å². The van der Waals surface area contributed by atoms with Crippen molar-refractivity contribution in [2.75, 3.05) is 0 Å². The van der Waals surface area contributed by atoms with Gasteiger partial charge in [0.05, 0.1) is 44.2 Å². The Morgan fingerprint density at radius 2 is 0.842 bits per heavy atom. The summed E-state index contributed by atoms with van der Waals surface area (Å²) in [4.78, 5) is 24.0. The quantitative estimate of drug-likeness (QED) is 0.264. The van der Waals surface area contributed by atoms with Crippen LogP contribution in [0.4, 0.5) is 0 Å². The monoisotopic (exact) mass is 492 g/mol. The molecule has 0 spiro atoms. The van der Waals surface area contributed by atoms with E-state index in [0.29, 0.717) is 0 Å². The van der Waals surface area contributed by atoms with Crippen LogP contribution >= 0.6 is 0 Å². The molecule has 9 aromatic rings. The van der Waals surface area contributed by atoms with Gasteiger partial charge in [-0.3, -0.25) is 0 Å². The lowest BCUT2D eigenvalue weighted by atomic mass is 9.97. The summed E-state index contributed by atoms with van der Waals surface area (Å²) in [5.74, 6) is -1.92.